The molecule has 2 fully saturated rings. The maximum absolute atomic E-state index is 13.8. The highest BCUT2D eigenvalue weighted by Gasteiger charge is 2.31. The van der Waals surface area contributed by atoms with Crippen LogP contribution < -0.4 is 0 Å². The zero-order valence-electron chi connectivity index (χ0n) is 15.7. The Morgan fingerprint density at radius 3 is 2.12 bits per heavy atom. The van der Waals surface area contributed by atoms with Crippen molar-refractivity contribution in [2.24, 2.45) is 17.8 Å². The quantitative estimate of drug-likeness (QED) is 0.527. The molecule has 0 unspecified atom stereocenters. The highest BCUT2D eigenvalue weighted by molar-refractivity contribution is 5.26. The standard InChI is InChI=1S/C23H35F/c1-3-4-5-18-7-10-19(11-8-18)20-12-14-21(15-13-20)22-9-6-17(2)23(24)16-22/h6,9,16,18-21H,3-5,7-8,10-15H2,1-2H3. The maximum Gasteiger partial charge on any atom is 0.126 e. The first kappa shape index (κ1) is 18.0. The molecule has 0 N–H and O–H groups in total. The molecule has 0 radical (unpaired) electrons. The van der Waals surface area contributed by atoms with E-state index in [1.165, 1.54) is 76.2 Å². The lowest BCUT2D eigenvalue weighted by atomic mass is 9.68. The summed E-state index contributed by atoms with van der Waals surface area (Å²) in [5, 5.41) is 0. The molecule has 0 saturated heterocycles. The molecule has 24 heavy (non-hydrogen) atoms. The minimum absolute atomic E-state index is 0.0278. The average molecular weight is 331 g/mol. The molecule has 2 saturated carbocycles. The van der Waals surface area contributed by atoms with Crippen molar-refractivity contribution < 1.29 is 4.39 Å². The lowest BCUT2D eigenvalue weighted by Gasteiger charge is -2.38. The van der Waals surface area contributed by atoms with Crippen LogP contribution in [0.5, 0.6) is 0 Å². The third kappa shape index (κ3) is 4.41. The molecule has 2 aliphatic carbocycles. The van der Waals surface area contributed by atoms with E-state index in [2.05, 4.69) is 13.0 Å². The summed E-state index contributed by atoms with van der Waals surface area (Å²) < 4.78 is 13.8. The first-order chi connectivity index (χ1) is 11.7. The molecule has 134 valence electrons. The fourth-order valence-electron chi connectivity index (χ4n) is 5.23. The predicted octanol–water partition coefficient (Wildman–Crippen LogP) is 7.40. The summed E-state index contributed by atoms with van der Waals surface area (Å²) in [5.74, 6) is 3.52. The van der Waals surface area contributed by atoms with Crippen molar-refractivity contribution in [2.75, 3.05) is 0 Å². The predicted molar refractivity (Wildman–Crippen MR) is 101 cm³/mol. The molecule has 0 amide bonds. The van der Waals surface area contributed by atoms with Gasteiger partial charge in [0.2, 0.25) is 0 Å². The van der Waals surface area contributed by atoms with Gasteiger partial charge in [-0.2, -0.15) is 0 Å². The van der Waals surface area contributed by atoms with E-state index in [9.17, 15) is 4.39 Å². The number of benzene rings is 1. The van der Waals surface area contributed by atoms with E-state index in [1.807, 2.05) is 13.0 Å². The van der Waals surface area contributed by atoms with Crippen LogP contribution >= 0.6 is 0 Å². The van der Waals surface area contributed by atoms with Crippen molar-refractivity contribution in [1.82, 2.24) is 0 Å². The third-order valence-electron chi connectivity index (χ3n) is 6.96. The molecule has 1 aromatic rings. The first-order valence-electron chi connectivity index (χ1n) is 10.4. The van der Waals surface area contributed by atoms with Gasteiger partial charge >= 0.3 is 0 Å². The molecule has 0 nitrogen and oxygen atoms in total. The number of aryl methyl sites for hydroxylation is 1. The summed E-state index contributed by atoms with van der Waals surface area (Å²) in [6.45, 7) is 4.16. The van der Waals surface area contributed by atoms with E-state index in [1.54, 1.807) is 6.07 Å². The third-order valence-corrected chi connectivity index (χ3v) is 6.96. The van der Waals surface area contributed by atoms with Crippen LogP contribution in [0.3, 0.4) is 0 Å². The number of rotatable bonds is 5. The molecular weight excluding hydrogens is 295 g/mol. The molecule has 0 aliphatic heterocycles. The second-order valence-electron chi connectivity index (χ2n) is 8.54. The van der Waals surface area contributed by atoms with Gasteiger partial charge in [0.15, 0.2) is 0 Å². The zero-order valence-corrected chi connectivity index (χ0v) is 15.7. The van der Waals surface area contributed by atoms with Crippen molar-refractivity contribution in [1.29, 1.82) is 0 Å². The molecule has 2 aliphatic rings. The summed E-state index contributed by atoms with van der Waals surface area (Å²) in [5.41, 5.74) is 2.01. The maximum atomic E-state index is 13.8. The average Bonchev–Trinajstić information content (AvgIpc) is 2.63. The molecular formula is C23H35F. The van der Waals surface area contributed by atoms with Gasteiger partial charge in [-0.3, -0.25) is 0 Å². The second-order valence-corrected chi connectivity index (χ2v) is 8.54. The normalized spacial score (nSPS) is 31.1. The molecule has 0 heterocycles. The van der Waals surface area contributed by atoms with Crippen molar-refractivity contribution in [3.8, 4) is 0 Å². The Morgan fingerprint density at radius 1 is 0.917 bits per heavy atom. The molecule has 0 bridgehead atoms. The fraction of sp³-hybridized carbons (Fsp3) is 0.739. The molecule has 0 atom stereocenters. The first-order valence-corrected chi connectivity index (χ1v) is 10.4. The van der Waals surface area contributed by atoms with E-state index in [4.69, 9.17) is 0 Å². The second kappa shape index (κ2) is 8.50. The lowest BCUT2D eigenvalue weighted by molar-refractivity contribution is 0.156. The van der Waals surface area contributed by atoms with Crippen molar-refractivity contribution in [2.45, 2.75) is 90.4 Å². The number of unbranched alkanes of at least 4 members (excludes halogenated alkanes) is 1. The Hall–Kier alpha value is -0.850. The van der Waals surface area contributed by atoms with Gasteiger partial charge in [0, 0.05) is 0 Å². The van der Waals surface area contributed by atoms with Gasteiger partial charge in [-0.25, -0.2) is 4.39 Å². The van der Waals surface area contributed by atoms with Gasteiger partial charge in [0.25, 0.3) is 0 Å². The molecule has 3 rings (SSSR count). The largest absolute Gasteiger partial charge is 0.207 e. The van der Waals surface area contributed by atoms with Crippen LogP contribution in [0.25, 0.3) is 0 Å². The Bertz CT molecular complexity index is 505. The topological polar surface area (TPSA) is 0 Å². The number of halogens is 1. The highest BCUT2D eigenvalue weighted by Crippen LogP contribution is 2.44. The zero-order chi connectivity index (χ0) is 16.9. The molecule has 0 spiro atoms. The molecule has 1 heteroatoms. The summed E-state index contributed by atoms with van der Waals surface area (Å²) in [7, 11) is 0. The minimum atomic E-state index is -0.0278. The van der Waals surface area contributed by atoms with Crippen LogP contribution in [-0.4, -0.2) is 0 Å². The Morgan fingerprint density at radius 2 is 1.54 bits per heavy atom. The highest BCUT2D eigenvalue weighted by atomic mass is 19.1. The van der Waals surface area contributed by atoms with Crippen LogP contribution in [-0.2, 0) is 0 Å². The Balaban J connectivity index is 1.46. The van der Waals surface area contributed by atoms with E-state index in [0.717, 1.165) is 23.3 Å². The summed E-state index contributed by atoms with van der Waals surface area (Å²) in [6.07, 6.45) is 15.4. The van der Waals surface area contributed by atoms with Gasteiger partial charge in [-0.15, -0.1) is 0 Å². The van der Waals surface area contributed by atoms with Gasteiger partial charge in [0.05, 0.1) is 0 Å². The Kier molecular flexibility index (Phi) is 6.36. The van der Waals surface area contributed by atoms with Crippen LogP contribution in [0.15, 0.2) is 18.2 Å². The van der Waals surface area contributed by atoms with Crippen LogP contribution in [0, 0.1) is 30.5 Å². The summed E-state index contributed by atoms with van der Waals surface area (Å²) in [6, 6.07) is 5.90. The van der Waals surface area contributed by atoms with Gasteiger partial charge in [0.1, 0.15) is 5.82 Å². The van der Waals surface area contributed by atoms with E-state index >= 15 is 0 Å². The van der Waals surface area contributed by atoms with Gasteiger partial charge < -0.3 is 0 Å². The number of hydrogen-bond acceptors (Lipinski definition) is 0. The van der Waals surface area contributed by atoms with Gasteiger partial charge in [-0.1, -0.05) is 51.2 Å². The van der Waals surface area contributed by atoms with Crippen LogP contribution in [0.2, 0.25) is 0 Å². The monoisotopic (exact) mass is 330 g/mol. The van der Waals surface area contributed by atoms with E-state index in [-0.39, 0.29) is 5.82 Å². The Labute approximate surface area is 148 Å². The smallest absolute Gasteiger partial charge is 0.126 e. The SMILES string of the molecule is CCCCC1CCC(C2CCC(c3ccc(C)c(F)c3)CC2)CC1. The van der Waals surface area contributed by atoms with Crippen molar-refractivity contribution >= 4 is 0 Å². The molecule has 0 aromatic heterocycles. The van der Waals surface area contributed by atoms with E-state index in [0.29, 0.717) is 5.92 Å². The summed E-state index contributed by atoms with van der Waals surface area (Å²) >= 11 is 0. The van der Waals surface area contributed by atoms with E-state index < -0.39 is 0 Å². The minimum Gasteiger partial charge on any atom is -0.207 e. The molecule has 1 aromatic carbocycles. The summed E-state index contributed by atoms with van der Waals surface area (Å²) in [4.78, 5) is 0. The van der Waals surface area contributed by atoms with Crippen molar-refractivity contribution in [3.63, 3.8) is 0 Å². The fourth-order valence-corrected chi connectivity index (χ4v) is 5.23. The van der Waals surface area contributed by atoms with Gasteiger partial charge in [-0.05, 0) is 86.3 Å². The van der Waals surface area contributed by atoms with Crippen LogP contribution in [0.1, 0.15) is 94.6 Å². The van der Waals surface area contributed by atoms with Crippen LogP contribution in [0.4, 0.5) is 4.39 Å². The number of hydrogen-bond donors (Lipinski definition) is 0. The van der Waals surface area contributed by atoms with Crippen molar-refractivity contribution in [3.05, 3.63) is 35.1 Å². The lowest BCUT2D eigenvalue weighted by Crippen LogP contribution is -2.25.